The Labute approximate surface area is 295 Å². The lowest BCUT2D eigenvalue weighted by Crippen LogP contribution is -2.27. The van der Waals surface area contributed by atoms with E-state index in [4.69, 9.17) is 18.9 Å². The van der Waals surface area contributed by atoms with Crippen LogP contribution in [0.2, 0.25) is 0 Å². The Balaban J connectivity index is 1.06. The molecule has 8 heteroatoms. The van der Waals surface area contributed by atoms with Crippen LogP contribution in [0.25, 0.3) is 0 Å². The fraction of sp³-hybridized carbons (Fsp3) is 0.381. The number of nitrogens with one attached hydrogen (secondary N) is 2. The zero-order valence-electron chi connectivity index (χ0n) is 30.0. The quantitative estimate of drug-likeness (QED) is 0.146. The first-order valence-electron chi connectivity index (χ1n) is 17.3. The van der Waals surface area contributed by atoms with Crippen molar-refractivity contribution in [2.24, 2.45) is 0 Å². The van der Waals surface area contributed by atoms with Gasteiger partial charge in [-0.05, 0) is 112 Å². The molecule has 4 aromatic rings. The third-order valence-electron chi connectivity index (χ3n) is 9.98. The van der Waals surface area contributed by atoms with E-state index < -0.39 is 6.09 Å². The molecule has 262 valence electrons. The number of rotatable bonds is 12. The Morgan fingerprint density at radius 2 is 1.10 bits per heavy atom. The summed E-state index contributed by atoms with van der Waals surface area (Å²) in [4.78, 5) is 23.8. The molecule has 2 aliphatic carbocycles. The average molecular weight is 677 g/mol. The molecule has 1 unspecified atom stereocenters. The van der Waals surface area contributed by atoms with E-state index in [0.29, 0.717) is 18.9 Å². The maximum Gasteiger partial charge on any atom is 0.411 e. The van der Waals surface area contributed by atoms with E-state index in [2.05, 4.69) is 68.7 Å². The Hall–Kier alpha value is -4.82. The molecule has 0 saturated carbocycles. The maximum atomic E-state index is 12.6. The lowest BCUT2D eigenvalue weighted by molar-refractivity contribution is -0.114. The van der Waals surface area contributed by atoms with Crippen molar-refractivity contribution < 1.29 is 28.5 Å². The standard InChI is InChI=1S/C42H48N2O6/c1-28(45)43-31-11-7-29(8-12-31)23-30-9-13-32(14-10-30)44-39(46)50-22-21-49-34-16-18-36-38(25-34)42(27-41(36,4)5)26-40(2,3)35-17-15-33(24-37(35)42)48-20-19-47-6/h7-18,24-25H,19-23,26-27H2,1-6H3,(H,43,45)(H,44,46). The van der Waals surface area contributed by atoms with E-state index >= 15 is 0 Å². The van der Waals surface area contributed by atoms with Gasteiger partial charge in [0.05, 0.1) is 6.61 Å². The van der Waals surface area contributed by atoms with Crippen molar-refractivity contribution in [1.82, 2.24) is 0 Å². The lowest BCUT2D eigenvalue weighted by Gasteiger charge is -2.30. The van der Waals surface area contributed by atoms with Gasteiger partial charge in [0.15, 0.2) is 0 Å². The number of ether oxygens (including phenoxy) is 4. The molecule has 2 aliphatic rings. The Morgan fingerprint density at radius 1 is 0.620 bits per heavy atom. The summed E-state index contributed by atoms with van der Waals surface area (Å²) in [5, 5.41) is 5.57. The van der Waals surface area contributed by atoms with Crippen molar-refractivity contribution in [3.63, 3.8) is 0 Å². The largest absolute Gasteiger partial charge is 0.491 e. The average Bonchev–Trinajstić information content (AvgIpc) is 3.43. The lowest BCUT2D eigenvalue weighted by atomic mass is 9.72. The van der Waals surface area contributed by atoms with Gasteiger partial charge < -0.3 is 24.3 Å². The highest BCUT2D eigenvalue weighted by Gasteiger charge is 2.56. The second kappa shape index (κ2) is 14.2. The number of fused-ring (bicyclic) bond motifs is 4. The van der Waals surface area contributed by atoms with E-state index in [-0.39, 0.29) is 35.4 Å². The number of hydrogen-bond acceptors (Lipinski definition) is 6. The third-order valence-corrected chi connectivity index (χ3v) is 9.98. The number of amides is 2. The second-order valence-corrected chi connectivity index (χ2v) is 14.8. The molecule has 0 heterocycles. The predicted octanol–water partition coefficient (Wildman–Crippen LogP) is 8.54. The molecule has 0 aliphatic heterocycles. The summed E-state index contributed by atoms with van der Waals surface area (Å²) in [6.45, 7) is 12.2. The van der Waals surface area contributed by atoms with Crippen LogP contribution in [0, 0.1) is 0 Å². The van der Waals surface area contributed by atoms with Crippen molar-refractivity contribution in [2.75, 3.05) is 44.2 Å². The predicted molar refractivity (Wildman–Crippen MR) is 197 cm³/mol. The van der Waals surface area contributed by atoms with Crippen LogP contribution < -0.4 is 20.1 Å². The summed E-state index contributed by atoms with van der Waals surface area (Å²) in [6, 6.07) is 28.4. The second-order valence-electron chi connectivity index (χ2n) is 14.8. The molecule has 6 rings (SSSR count). The van der Waals surface area contributed by atoms with Crippen LogP contribution in [-0.4, -0.2) is 45.5 Å². The fourth-order valence-electron chi connectivity index (χ4n) is 8.03. The fourth-order valence-corrected chi connectivity index (χ4v) is 8.03. The Morgan fingerprint density at radius 3 is 1.58 bits per heavy atom. The summed E-state index contributed by atoms with van der Waals surface area (Å²) in [5.41, 5.74) is 8.87. The van der Waals surface area contributed by atoms with Gasteiger partial charge in [-0.3, -0.25) is 10.1 Å². The molecule has 1 atom stereocenters. The molecule has 0 fully saturated rings. The monoisotopic (exact) mass is 676 g/mol. The van der Waals surface area contributed by atoms with E-state index in [0.717, 1.165) is 47.6 Å². The van der Waals surface area contributed by atoms with Crippen molar-refractivity contribution in [1.29, 1.82) is 0 Å². The molecular formula is C42H48N2O6. The molecule has 50 heavy (non-hydrogen) atoms. The van der Waals surface area contributed by atoms with Gasteiger partial charge in [0.1, 0.15) is 31.3 Å². The highest BCUT2D eigenvalue weighted by atomic mass is 16.6. The third kappa shape index (κ3) is 7.50. The Bertz CT molecular complexity index is 1840. The molecule has 0 radical (unpaired) electrons. The van der Waals surface area contributed by atoms with Crippen LogP contribution in [0.4, 0.5) is 16.2 Å². The molecule has 2 N–H and O–H groups in total. The summed E-state index contributed by atoms with van der Waals surface area (Å²) in [5.74, 6) is 1.54. The van der Waals surface area contributed by atoms with E-state index in [1.807, 2.05) is 54.6 Å². The summed E-state index contributed by atoms with van der Waals surface area (Å²) >= 11 is 0. The minimum absolute atomic E-state index is 0.00184. The molecule has 1 spiro atoms. The molecule has 0 aromatic heterocycles. The van der Waals surface area contributed by atoms with Gasteiger partial charge in [-0.1, -0.05) is 64.1 Å². The highest BCUT2D eigenvalue weighted by Crippen LogP contribution is 2.63. The summed E-state index contributed by atoms with van der Waals surface area (Å²) in [7, 11) is 1.68. The van der Waals surface area contributed by atoms with Gasteiger partial charge in [0, 0.05) is 30.8 Å². The minimum Gasteiger partial charge on any atom is -0.491 e. The molecule has 0 saturated heterocycles. The van der Waals surface area contributed by atoms with Crippen molar-refractivity contribution >= 4 is 23.4 Å². The minimum atomic E-state index is -0.530. The van der Waals surface area contributed by atoms with E-state index in [1.165, 1.54) is 29.2 Å². The van der Waals surface area contributed by atoms with Crippen LogP contribution in [0.5, 0.6) is 11.5 Å². The first-order valence-corrected chi connectivity index (χ1v) is 17.3. The van der Waals surface area contributed by atoms with Crippen molar-refractivity contribution in [3.05, 3.63) is 118 Å². The number of benzene rings is 4. The molecule has 4 aromatic carbocycles. The van der Waals surface area contributed by atoms with Crippen LogP contribution in [0.1, 0.15) is 80.8 Å². The molecule has 8 nitrogen and oxygen atoms in total. The number of methoxy groups -OCH3 is 1. The molecular weight excluding hydrogens is 628 g/mol. The zero-order chi connectivity index (χ0) is 35.5. The molecule has 2 amide bonds. The summed E-state index contributed by atoms with van der Waals surface area (Å²) in [6.07, 6.45) is 2.22. The topological polar surface area (TPSA) is 95.1 Å². The van der Waals surface area contributed by atoms with Gasteiger partial charge in [0.2, 0.25) is 5.91 Å². The molecule has 0 bridgehead atoms. The number of carbonyl (C=O) groups excluding carboxylic acids is 2. The number of hydrogen-bond donors (Lipinski definition) is 2. The van der Waals surface area contributed by atoms with Gasteiger partial charge in [-0.25, -0.2) is 4.79 Å². The van der Waals surface area contributed by atoms with E-state index in [1.54, 1.807) is 7.11 Å². The van der Waals surface area contributed by atoms with Crippen LogP contribution in [0.15, 0.2) is 84.9 Å². The van der Waals surface area contributed by atoms with Gasteiger partial charge >= 0.3 is 6.09 Å². The van der Waals surface area contributed by atoms with Crippen LogP contribution in [-0.2, 0) is 36.9 Å². The number of carbonyl (C=O) groups is 2. The van der Waals surface area contributed by atoms with Gasteiger partial charge in [-0.2, -0.15) is 0 Å². The van der Waals surface area contributed by atoms with Crippen LogP contribution >= 0.6 is 0 Å². The smallest absolute Gasteiger partial charge is 0.411 e. The normalized spacial score (nSPS) is 17.9. The van der Waals surface area contributed by atoms with Gasteiger partial charge in [-0.15, -0.1) is 0 Å². The Kier molecular flexibility index (Phi) is 9.94. The maximum absolute atomic E-state index is 12.6. The van der Waals surface area contributed by atoms with E-state index in [9.17, 15) is 9.59 Å². The van der Waals surface area contributed by atoms with Crippen LogP contribution in [0.3, 0.4) is 0 Å². The number of anilines is 2. The zero-order valence-corrected chi connectivity index (χ0v) is 30.0. The summed E-state index contributed by atoms with van der Waals surface area (Å²) < 4.78 is 22.9. The van der Waals surface area contributed by atoms with Crippen molar-refractivity contribution in [3.8, 4) is 11.5 Å². The highest BCUT2D eigenvalue weighted by molar-refractivity contribution is 5.88. The first kappa shape index (κ1) is 35.0. The van der Waals surface area contributed by atoms with Crippen molar-refractivity contribution in [2.45, 2.75) is 70.1 Å². The first-order chi connectivity index (χ1) is 23.9. The van der Waals surface area contributed by atoms with Gasteiger partial charge in [0.25, 0.3) is 0 Å². The SMILES string of the molecule is COCCOc1ccc2c(c1)C1(CC2(C)C)CC(C)(C)c2ccc(OCCOC(=O)Nc3ccc(Cc4ccc(NC(C)=O)cc4)cc3)cc21.